The maximum absolute atomic E-state index is 10.2. The van der Waals surface area contributed by atoms with Crippen LogP contribution in [0.2, 0.25) is 0 Å². The summed E-state index contributed by atoms with van der Waals surface area (Å²) >= 11 is 0. The number of hydrogen-bond donors (Lipinski definition) is 1. The number of ether oxygens (including phenoxy) is 1. The van der Waals surface area contributed by atoms with Crippen LogP contribution >= 0.6 is 0 Å². The van der Waals surface area contributed by atoms with E-state index >= 15 is 0 Å². The number of rotatable bonds is 6. The van der Waals surface area contributed by atoms with Gasteiger partial charge in [-0.2, -0.15) is 0 Å². The zero-order chi connectivity index (χ0) is 18.0. The van der Waals surface area contributed by atoms with Crippen molar-refractivity contribution in [2.45, 2.75) is 38.2 Å². The number of allylic oxidation sites excluding steroid dienone is 1. The highest BCUT2D eigenvalue weighted by molar-refractivity contribution is 6.03. The van der Waals surface area contributed by atoms with Crippen molar-refractivity contribution in [3.63, 3.8) is 0 Å². The Labute approximate surface area is 156 Å². The van der Waals surface area contributed by atoms with Gasteiger partial charge >= 0.3 is 0 Å². The lowest BCUT2D eigenvalue weighted by Gasteiger charge is -2.28. The minimum absolute atomic E-state index is 0.236. The molecule has 1 aromatic carbocycles. The molecule has 0 aromatic heterocycles. The number of β-amino-alcohol motifs (C(OH)–C–C–N with tert-alkyl or cyclic N) is 1. The quantitative estimate of drug-likeness (QED) is 0.627. The third kappa shape index (κ3) is 6.24. The van der Waals surface area contributed by atoms with E-state index in [4.69, 9.17) is 9.57 Å². The van der Waals surface area contributed by atoms with Crippen LogP contribution in [0.1, 0.15) is 37.7 Å². The normalized spacial score (nSPS) is 23.7. The molecule has 1 aromatic rings. The van der Waals surface area contributed by atoms with Crippen LogP contribution in [-0.2, 0) is 9.57 Å². The van der Waals surface area contributed by atoms with E-state index in [1.807, 2.05) is 6.07 Å². The van der Waals surface area contributed by atoms with E-state index < -0.39 is 6.10 Å². The molecule has 1 N–H and O–H groups in total. The van der Waals surface area contributed by atoms with Crippen LogP contribution in [0.15, 0.2) is 41.1 Å². The molecule has 1 heterocycles. The van der Waals surface area contributed by atoms with Crippen molar-refractivity contribution in [3.8, 4) is 0 Å². The highest BCUT2D eigenvalue weighted by Crippen LogP contribution is 2.23. The van der Waals surface area contributed by atoms with Crippen molar-refractivity contribution in [1.29, 1.82) is 0 Å². The van der Waals surface area contributed by atoms with Gasteiger partial charge in [-0.1, -0.05) is 41.9 Å². The number of aliphatic hydroxyl groups is 1. The number of morpholine rings is 1. The van der Waals surface area contributed by atoms with Gasteiger partial charge in [0.2, 0.25) is 0 Å². The summed E-state index contributed by atoms with van der Waals surface area (Å²) in [5, 5.41) is 14.6. The van der Waals surface area contributed by atoms with Gasteiger partial charge in [-0.15, -0.1) is 0 Å². The molecule has 1 saturated heterocycles. The Morgan fingerprint density at radius 3 is 2.69 bits per heavy atom. The summed E-state index contributed by atoms with van der Waals surface area (Å²) in [6.07, 6.45) is 7.24. The highest BCUT2D eigenvalue weighted by Gasteiger charge is 2.16. The van der Waals surface area contributed by atoms with Crippen molar-refractivity contribution in [1.82, 2.24) is 4.90 Å². The van der Waals surface area contributed by atoms with Crippen molar-refractivity contribution >= 4 is 11.8 Å². The molecule has 3 rings (SSSR count). The molecular weight excluding hydrogens is 328 g/mol. The topological polar surface area (TPSA) is 54.3 Å². The van der Waals surface area contributed by atoms with Crippen molar-refractivity contribution in [3.05, 3.63) is 41.5 Å². The second-order valence-corrected chi connectivity index (χ2v) is 7.04. The molecule has 1 saturated carbocycles. The maximum Gasteiger partial charge on any atom is 0.144 e. The van der Waals surface area contributed by atoms with E-state index in [9.17, 15) is 5.11 Å². The Bertz CT molecular complexity index is 595. The summed E-state index contributed by atoms with van der Waals surface area (Å²) in [7, 11) is 0. The molecule has 0 amide bonds. The lowest BCUT2D eigenvalue weighted by molar-refractivity contribution is -0.0131. The zero-order valence-corrected chi connectivity index (χ0v) is 15.5. The predicted molar refractivity (Wildman–Crippen MR) is 104 cm³/mol. The minimum Gasteiger partial charge on any atom is -0.393 e. The monoisotopic (exact) mass is 358 g/mol. The maximum atomic E-state index is 10.2. The Kier molecular flexibility index (Phi) is 7.67. The fourth-order valence-corrected chi connectivity index (χ4v) is 3.44. The SMILES string of the molecule is O[C@H](CO/N=C1\CCCCC\C1=C/c1ccccc1)CN1CCOCC1. The Hall–Kier alpha value is -1.69. The average Bonchev–Trinajstić information content (AvgIpc) is 2.89. The molecule has 0 unspecified atom stereocenters. The van der Waals surface area contributed by atoms with Gasteiger partial charge < -0.3 is 14.7 Å². The fourth-order valence-electron chi connectivity index (χ4n) is 3.44. The van der Waals surface area contributed by atoms with Crippen molar-refractivity contribution in [2.24, 2.45) is 5.16 Å². The van der Waals surface area contributed by atoms with E-state index in [1.165, 1.54) is 24.0 Å². The van der Waals surface area contributed by atoms with E-state index in [0.29, 0.717) is 6.54 Å². The largest absolute Gasteiger partial charge is 0.393 e. The summed E-state index contributed by atoms with van der Waals surface area (Å²) in [6.45, 7) is 4.07. The van der Waals surface area contributed by atoms with Gasteiger partial charge in [0, 0.05) is 19.6 Å². The van der Waals surface area contributed by atoms with E-state index in [2.05, 4.69) is 40.4 Å². The molecule has 26 heavy (non-hydrogen) atoms. The second kappa shape index (κ2) is 10.5. The van der Waals surface area contributed by atoms with E-state index in [0.717, 1.165) is 51.3 Å². The molecule has 5 nitrogen and oxygen atoms in total. The Morgan fingerprint density at radius 2 is 1.88 bits per heavy atom. The molecule has 0 radical (unpaired) electrons. The molecule has 1 aliphatic heterocycles. The fraction of sp³-hybridized carbons (Fsp3) is 0.571. The van der Waals surface area contributed by atoms with Crippen molar-refractivity contribution in [2.75, 3.05) is 39.5 Å². The van der Waals surface area contributed by atoms with Gasteiger partial charge in [-0.05, 0) is 42.9 Å². The lowest BCUT2D eigenvalue weighted by Crippen LogP contribution is -2.42. The molecule has 1 aliphatic carbocycles. The van der Waals surface area contributed by atoms with Gasteiger partial charge in [-0.25, -0.2) is 0 Å². The van der Waals surface area contributed by atoms with Crippen LogP contribution in [0.5, 0.6) is 0 Å². The number of benzene rings is 1. The minimum atomic E-state index is -0.523. The standard InChI is InChI=1S/C21H30N2O3/c24-20(16-23-11-13-25-14-12-23)17-26-22-21-10-6-2-5-9-19(21)15-18-7-3-1-4-8-18/h1,3-4,7-8,15,20,24H,2,5-6,9-14,16-17H2/b19-15+,22-21+/t20-/m0/s1. The third-order valence-corrected chi connectivity index (χ3v) is 4.89. The van der Waals surface area contributed by atoms with Gasteiger partial charge in [0.05, 0.1) is 18.9 Å². The first-order chi connectivity index (χ1) is 12.8. The zero-order valence-electron chi connectivity index (χ0n) is 15.5. The molecular formula is C21H30N2O3. The summed E-state index contributed by atoms with van der Waals surface area (Å²) in [5.41, 5.74) is 3.49. The van der Waals surface area contributed by atoms with E-state index in [-0.39, 0.29) is 6.61 Å². The molecule has 1 atom stereocenters. The Balaban J connectivity index is 1.56. The van der Waals surface area contributed by atoms with Crippen LogP contribution in [-0.4, -0.2) is 61.3 Å². The van der Waals surface area contributed by atoms with Crippen LogP contribution in [0.4, 0.5) is 0 Å². The summed E-state index contributed by atoms with van der Waals surface area (Å²) in [5.74, 6) is 0. The van der Waals surface area contributed by atoms with Crippen molar-refractivity contribution < 1.29 is 14.7 Å². The van der Waals surface area contributed by atoms with Crippen LogP contribution < -0.4 is 0 Å². The molecule has 2 fully saturated rings. The summed E-state index contributed by atoms with van der Waals surface area (Å²) < 4.78 is 5.33. The predicted octanol–water partition coefficient (Wildman–Crippen LogP) is 3.10. The summed E-state index contributed by atoms with van der Waals surface area (Å²) in [6, 6.07) is 10.4. The lowest BCUT2D eigenvalue weighted by atomic mass is 10.0. The smallest absolute Gasteiger partial charge is 0.144 e. The molecule has 5 heteroatoms. The van der Waals surface area contributed by atoms with E-state index in [1.54, 1.807) is 0 Å². The highest BCUT2D eigenvalue weighted by atomic mass is 16.6. The molecule has 0 spiro atoms. The van der Waals surface area contributed by atoms with Gasteiger partial charge in [-0.3, -0.25) is 4.90 Å². The number of hydrogen-bond acceptors (Lipinski definition) is 5. The number of oxime groups is 1. The second-order valence-electron chi connectivity index (χ2n) is 7.04. The average molecular weight is 358 g/mol. The number of nitrogens with zero attached hydrogens (tertiary/aromatic N) is 2. The first-order valence-electron chi connectivity index (χ1n) is 9.74. The third-order valence-electron chi connectivity index (χ3n) is 4.89. The first kappa shape index (κ1) is 19.1. The van der Waals surface area contributed by atoms with Crippen LogP contribution in [0.3, 0.4) is 0 Å². The van der Waals surface area contributed by atoms with Gasteiger partial charge in [0.25, 0.3) is 0 Å². The summed E-state index contributed by atoms with van der Waals surface area (Å²) in [4.78, 5) is 7.74. The first-order valence-corrected chi connectivity index (χ1v) is 9.74. The Morgan fingerprint density at radius 1 is 1.12 bits per heavy atom. The van der Waals surface area contributed by atoms with Gasteiger partial charge in [0.1, 0.15) is 12.7 Å². The van der Waals surface area contributed by atoms with Crippen LogP contribution in [0.25, 0.3) is 6.08 Å². The number of aliphatic hydroxyl groups excluding tert-OH is 1. The van der Waals surface area contributed by atoms with Gasteiger partial charge in [0.15, 0.2) is 0 Å². The molecule has 0 bridgehead atoms. The van der Waals surface area contributed by atoms with Crippen LogP contribution in [0, 0.1) is 0 Å². The molecule has 142 valence electrons. The molecule has 2 aliphatic rings.